The van der Waals surface area contributed by atoms with Crippen molar-refractivity contribution in [1.82, 2.24) is 4.98 Å². The molecule has 0 atom stereocenters. The van der Waals surface area contributed by atoms with Crippen LogP contribution in [-0.4, -0.2) is 4.98 Å². The smallest absolute Gasteiger partial charge is 0.0743 e. The van der Waals surface area contributed by atoms with Gasteiger partial charge in [-0.1, -0.05) is 45.8 Å². The fourth-order valence-electron chi connectivity index (χ4n) is 2.27. The van der Waals surface area contributed by atoms with E-state index in [1.165, 1.54) is 11.1 Å². The summed E-state index contributed by atoms with van der Waals surface area (Å²) in [6, 6.07) is 14.5. The molecule has 106 valence electrons. The van der Waals surface area contributed by atoms with Crippen LogP contribution in [0.5, 0.6) is 0 Å². The van der Waals surface area contributed by atoms with Gasteiger partial charge in [-0.15, -0.1) is 0 Å². The van der Waals surface area contributed by atoms with Crippen LogP contribution in [0, 0.1) is 6.92 Å². The third-order valence-corrected chi connectivity index (χ3v) is 3.94. The van der Waals surface area contributed by atoms with Gasteiger partial charge in [-0.2, -0.15) is 0 Å². The Labute approximate surface area is 132 Å². The van der Waals surface area contributed by atoms with Crippen LogP contribution >= 0.6 is 15.9 Å². The molecule has 0 unspecified atom stereocenters. The van der Waals surface area contributed by atoms with Crippen LogP contribution in [0.4, 0.5) is 11.4 Å². The number of fused-ring (bicyclic) bond motifs is 1. The van der Waals surface area contributed by atoms with Gasteiger partial charge in [0.1, 0.15) is 0 Å². The first-order chi connectivity index (χ1) is 10.1. The van der Waals surface area contributed by atoms with Gasteiger partial charge in [-0.25, -0.2) is 0 Å². The average Bonchev–Trinajstić information content (AvgIpc) is 2.48. The van der Waals surface area contributed by atoms with Crippen molar-refractivity contribution in [3.63, 3.8) is 0 Å². The summed E-state index contributed by atoms with van der Waals surface area (Å²) < 4.78 is 1.01. The van der Waals surface area contributed by atoms with Crippen LogP contribution in [0.2, 0.25) is 0 Å². The average molecular weight is 342 g/mol. The Morgan fingerprint density at radius 3 is 2.67 bits per heavy atom. The number of aromatic nitrogens is 1. The van der Waals surface area contributed by atoms with E-state index >= 15 is 0 Å². The fraction of sp³-hybridized carbons (Fsp3) is 0.118. The van der Waals surface area contributed by atoms with Crippen molar-refractivity contribution >= 4 is 38.2 Å². The number of nitrogens with two attached hydrogens (primary N) is 1. The summed E-state index contributed by atoms with van der Waals surface area (Å²) in [4.78, 5) is 4.36. The molecule has 3 aromatic rings. The third kappa shape index (κ3) is 3.00. The van der Waals surface area contributed by atoms with Gasteiger partial charge in [-0.3, -0.25) is 4.98 Å². The topological polar surface area (TPSA) is 50.9 Å². The minimum atomic E-state index is 0.660. The molecule has 3 nitrogen and oxygen atoms in total. The predicted molar refractivity (Wildman–Crippen MR) is 92.4 cm³/mol. The fourth-order valence-corrected chi connectivity index (χ4v) is 2.63. The predicted octanol–water partition coefficient (Wildman–Crippen LogP) is 4.50. The molecule has 0 bridgehead atoms. The van der Waals surface area contributed by atoms with Gasteiger partial charge in [-0.05, 0) is 30.7 Å². The highest BCUT2D eigenvalue weighted by Gasteiger charge is 2.07. The lowest BCUT2D eigenvalue weighted by atomic mass is 10.1. The van der Waals surface area contributed by atoms with Gasteiger partial charge >= 0.3 is 0 Å². The molecule has 0 aliphatic rings. The molecule has 0 amide bonds. The molecule has 0 spiro atoms. The normalized spacial score (nSPS) is 10.8. The van der Waals surface area contributed by atoms with E-state index in [0.717, 1.165) is 27.6 Å². The van der Waals surface area contributed by atoms with Crippen LogP contribution in [0.15, 0.2) is 53.1 Å². The maximum Gasteiger partial charge on any atom is 0.0743 e. The van der Waals surface area contributed by atoms with Gasteiger partial charge in [0.05, 0.1) is 23.1 Å². The number of hydrogen-bond donors (Lipinski definition) is 2. The Morgan fingerprint density at radius 2 is 1.90 bits per heavy atom. The molecule has 3 rings (SSSR count). The van der Waals surface area contributed by atoms with E-state index in [4.69, 9.17) is 5.73 Å². The molecule has 2 aromatic carbocycles. The maximum absolute atomic E-state index is 6.08. The summed E-state index contributed by atoms with van der Waals surface area (Å²) in [5.41, 5.74) is 11.1. The maximum atomic E-state index is 6.08. The molecular formula is C17H16BrN3. The highest BCUT2D eigenvalue weighted by molar-refractivity contribution is 9.10. The number of halogens is 1. The van der Waals surface area contributed by atoms with E-state index in [9.17, 15) is 0 Å². The van der Waals surface area contributed by atoms with Crippen molar-refractivity contribution in [1.29, 1.82) is 0 Å². The van der Waals surface area contributed by atoms with E-state index < -0.39 is 0 Å². The van der Waals surface area contributed by atoms with Crippen molar-refractivity contribution in [2.45, 2.75) is 13.5 Å². The molecule has 4 heteroatoms. The number of pyridine rings is 1. The van der Waals surface area contributed by atoms with E-state index in [-0.39, 0.29) is 0 Å². The number of nitrogens with one attached hydrogen (secondary N) is 1. The van der Waals surface area contributed by atoms with Crippen LogP contribution < -0.4 is 11.1 Å². The minimum absolute atomic E-state index is 0.660. The van der Waals surface area contributed by atoms with Crippen LogP contribution in [0.1, 0.15) is 11.1 Å². The Hall–Kier alpha value is -2.07. The van der Waals surface area contributed by atoms with Crippen molar-refractivity contribution < 1.29 is 0 Å². The number of aryl methyl sites for hydroxylation is 1. The molecular weight excluding hydrogens is 326 g/mol. The van der Waals surface area contributed by atoms with Gasteiger partial charge in [0, 0.05) is 16.4 Å². The molecule has 1 aromatic heterocycles. The Morgan fingerprint density at radius 1 is 1.14 bits per heavy atom. The third-order valence-electron chi connectivity index (χ3n) is 3.45. The Bertz CT molecular complexity index is 777. The number of nitrogen functional groups attached to an aromatic ring is 1. The van der Waals surface area contributed by atoms with Crippen LogP contribution in [0.3, 0.4) is 0 Å². The number of anilines is 2. The minimum Gasteiger partial charge on any atom is -0.396 e. The van der Waals surface area contributed by atoms with Gasteiger partial charge in [0.15, 0.2) is 0 Å². The summed E-state index contributed by atoms with van der Waals surface area (Å²) in [5, 5.41) is 4.46. The number of benzene rings is 2. The van der Waals surface area contributed by atoms with Gasteiger partial charge in [0.2, 0.25) is 0 Å². The standard InChI is InChI=1S/C17H16BrN3/c1-11-2-4-12(5-3-11)9-21-17-14-8-13(18)6-7-16(14)20-10-15(17)19/h2-8,10H,9,19H2,1H3,(H,20,21). The highest BCUT2D eigenvalue weighted by atomic mass is 79.9. The van der Waals surface area contributed by atoms with Gasteiger partial charge in [0.25, 0.3) is 0 Å². The molecule has 3 N–H and O–H groups in total. The van der Waals surface area contributed by atoms with Crippen molar-refractivity contribution in [2.24, 2.45) is 0 Å². The van der Waals surface area contributed by atoms with Crippen LogP contribution in [-0.2, 0) is 6.54 Å². The Kier molecular flexibility index (Phi) is 3.80. The molecule has 0 aliphatic heterocycles. The first kappa shape index (κ1) is 13.9. The molecule has 0 aliphatic carbocycles. The summed E-state index contributed by atoms with van der Waals surface area (Å²) in [7, 11) is 0. The monoisotopic (exact) mass is 341 g/mol. The zero-order valence-electron chi connectivity index (χ0n) is 11.7. The quantitative estimate of drug-likeness (QED) is 0.737. The molecule has 0 saturated carbocycles. The number of hydrogen-bond acceptors (Lipinski definition) is 3. The highest BCUT2D eigenvalue weighted by Crippen LogP contribution is 2.30. The lowest BCUT2D eigenvalue weighted by Gasteiger charge is -2.12. The molecule has 0 saturated heterocycles. The van der Waals surface area contributed by atoms with Gasteiger partial charge < -0.3 is 11.1 Å². The summed E-state index contributed by atoms with van der Waals surface area (Å²) in [6.07, 6.45) is 1.70. The van der Waals surface area contributed by atoms with Crippen LogP contribution in [0.25, 0.3) is 10.9 Å². The lowest BCUT2D eigenvalue weighted by molar-refractivity contribution is 1.15. The van der Waals surface area contributed by atoms with E-state index in [1.54, 1.807) is 6.20 Å². The number of rotatable bonds is 3. The SMILES string of the molecule is Cc1ccc(CNc2c(N)cnc3ccc(Br)cc23)cc1. The van der Waals surface area contributed by atoms with E-state index in [2.05, 4.69) is 57.4 Å². The number of nitrogens with zero attached hydrogens (tertiary/aromatic N) is 1. The summed E-state index contributed by atoms with van der Waals surface area (Å²) in [6.45, 7) is 2.82. The zero-order valence-corrected chi connectivity index (χ0v) is 13.3. The second-order valence-electron chi connectivity index (χ2n) is 5.09. The first-order valence-corrected chi connectivity index (χ1v) is 7.56. The molecule has 0 radical (unpaired) electrons. The zero-order chi connectivity index (χ0) is 14.8. The Balaban J connectivity index is 1.94. The van der Waals surface area contributed by atoms with Crippen molar-refractivity contribution in [2.75, 3.05) is 11.1 Å². The van der Waals surface area contributed by atoms with E-state index in [0.29, 0.717) is 5.69 Å². The van der Waals surface area contributed by atoms with E-state index in [1.807, 2.05) is 18.2 Å². The second-order valence-corrected chi connectivity index (χ2v) is 6.00. The van der Waals surface area contributed by atoms with Crippen molar-refractivity contribution in [3.05, 3.63) is 64.3 Å². The molecule has 0 fully saturated rings. The summed E-state index contributed by atoms with van der Waals surface area (Å²) >= 11 is 3.50. The largest absolute Gasteiger partial charge is 0.396 e. The lowest BCUT2D eigenvalue weighted by Crippen LogP contribution is -2.04. The first-order valence-electron chi connectivity index (χ1n) is 6.76. The molecule has 21 heavy (non-hydrogen) atoms. The molecule has 1 heterocycles. The summed E-state index contributed by atoms with van der Waals surface area (Å²) in [5.74, 6) is 0. The van der Waals surface area contributed by atoms with Crippen molar-refractivity contribution in [3.8, 4) is 0 Å². The second kappa shape index (κ2) is 5.74.